The van der Waals surface area contributed by atoms with Gasteiger partial charge in [-0.25, -0.2) is 9.78 Å². The molecule has 0 saturated heterocycles. The second kappa shape index (κ2) is 8.08. The highest BCUT2D eigenvalue weighted by Crippen LogP contribution is 2.12. The van der Waals surface area contributed by atoms with E-state index in [4.69, 9.17) is 32.4 Å². The SMILES string of the molecule is COCCN(Cc1nc(C(=O)OC)co1)C(=O)C(Cl)Cl. The van der Waals surface area contributed by atoms with Gasteiger partial charge in [0.25, 0.3) is 5.91 Å². The van der Waals surface area contributed by atoms with Crippen LogP contribution in [0.5, 0.6) is 0 Å². The lowest BCUT2D eigenvalue weighted by molar-refractivity contribution is -0.130. The Labute approximate surface area is 125 Å². The lowest BCUT2D eigenvalue weighted by atomic mass is 10.4. The first-order valence-corrected chi connectivity index (χ1v) is 6.45. The Hall–Kier alpha value is -1.31. The zero-order chi connectivity index (χ0) is 15.1. The summed E-state index contributed by atoms with van der Waals surface area (Å²) in [6.07, 6.45) is 1.15. The van der Waals surface area contributed by atoms with Gasteiger partial charge in [-0.2, -0.15) is 0 Å². The van der Waals surface area contributed by atoms with Gasteiger partial charge in [-0.15, -0.1) is 0 Å². The fraction of sp³-hybridized carbons (Fsp3) is 0.545. The molecule has 0 saturated carbocycles. The minimum atomic E-state index is -1.19. The molecule has 0 aromatic carbocycles. The van der Waals surface area contributed by atoms with E-state index in [0.29, 0.717) is 6.61 Å². The largest absolute Gasteiger partial charge is 0.464 e. The van der Waals surface area contributed by atoms with Crippen LogP contribution < -0.4 is 0 Å². The smallest absolute Gasteiger partial charge is 0.360 e. The molecule has 0 radical (unpaired) electrons. The van der Waals surface area contributed by atoms with Crippen molar-refractivity contribution in [3.63, 3.8) is 0 Å². The molecule has 9 heteroatoms. The quantitative estimate of drug-likeness (QED) is 0.554. The molecule has 1 heterocycles. The summed E-state index contributed by atoms with van der Waals surface area (Å²) in [5, 5.41) is 0. The van der Waals surface area contributed by atoms with E-state index in [-0.39, 0.29) is 24.7 Å². The molecule has 1 aromatic heterocycles. The molecule has 0 spiro atoms. The molecule has 0 unspecified atom stereocenters. The number of aromatic nitrogens is 1. The van der Waals surface area contributed by atoms with Crippen LogP contribution in [0.3, 0.4) is 0 Å². The van der Waals surface area contributed by atoms with Gasteiger partial charge in [0.2, 0.25) is 5.89 Å². The van der Waals surface area contributed by atoms with E-state index in [1.54, 1.807) is 0 Å². The maximum atomic E-state index is 11.8. The Balaban J connectivity index is 2.76. The van der Waals surface area contributed by atoms with Crippen LogP contribution in [-0.2, 0) is 20.8 Å². The molecule has 0 aliphatic heterocycles. The fourth-order valence-electron chi connectivity index (χ4n) is 1.35. The van der Waals surface area contributed by atoms with E-state index in [1.165, 1.54) is 19.1 Å². The van der Waals surface area contributed by atoms with Crippen LogP contribution in [0, 0.1) is 0 Å². The highest BCUT2D eigenvalue weighted by atomic mass is 35.5. The van der Waals surface area contributed by atoms with Crippen LogP contribution in [0.4, 0.5) is 0 Å². The van der Waals surface area contributed by atoms with Gasteiger partial charge in [0.1, 0.15) is 6.26 Å². The number of carbonyl (C=O) groups excluding carboxylic acids is 2. The zero-order valence-electron chi connectivity index (χ0n) is 11.0. The summed E-state index contributed by atoms with van der Waals surface area (Å²) < 4.78 is 14.5. The molecular formula is C11H14Cl2N2O5. The third kappa shape index (κ3) is 4.66. The summed E-state index contributed by atoms with van der Waals surface area (Å²) in [7, 11) is 2.73. The van der Waals surface area contributed by atoms with E-state index in [9.17, 15) is 9.59 Å². The molecule has 0 aliphatic rings. The molecule has 0 atom stereocenters. The second-order valence-electron chi connectivity index (χ2n) is 3.67. The van der Waals surface area contributed by atoms with E-state index < -0.39 is 16.7 Å². The number of carbonyl (C=O) groups is 2. The Morgan fingerprint density at radius 2 is 2.15 bits per heavy atom. The van der Waals surface area contributed by atoms with Crippen LogP contribution >= 0.6 is 23.2 Å². The molecule has 0 N–H and O–H groups in total. The number of ether oxygens (including phenoxy) is 2. The van der Waals surface area contributed by atoms with Crippen molar-refractivity contribution in [2.75, 3.05) is 27.4 Å². The summed E-state index contributed by atoms with van der Waals surface area (Å²) in [5.41, 5.74) is 0.0231. The van der Waals surface area contributed by atoms with Crippen LogP contribution in [0.25, 0.3) is 0 Å². The van der Waals surface area contributed by atoms with Crippen molar-refractivity contribution in [3.05, 3.63) is 17.8 Å². The van der Waals surface area contributed by atoms with Crippen LogP contribution in [0.1, 0.15) is 16.4 Å². The molecule has 1 rings (SSSR count). The maximum Gasteiger partial charge on any atom is 0.360 e. The van der Waals surface area contributed by atoms with Gasteiger partial charge in [-0.3, -0.25) is 4.79 Å². The number of nitrogens with zero attached hydrogens (tertiary/aromatic N) is 2. The minimum absolute atomic E-state index is 0.0229. The van der Waals surface area contributed by atoms with Crippen molar-refractivity contribution in [1.29, 1.82) is 0 Å². The molecule has 20 heavy (non-hydrogen) atoms. The standard InChI is InChI=1S/C11H14Cl2N2O5/c1-18-4-3-15(10(16)9(12)13)5-8-14-7(6-20-8)11(17)19-2/h6,9H,3-5H2,1-2H3. The Morgan fingerprint density at radius 3 is 2.70 bits per heavy atom. The van der Waals surface area contributed by atoms with Gasteiger partial charge in [0.05, 0.1) is 20.3 Å². The number of alkyl halides is 2. The molecular weight excluding hydrogens is 311 g/mol. The number of oxazole rings is 1. The van der Waals surface area contributed by atoms with Crippen molar-refractivity contribution in [1.82, 2.24) is 9.88 Å². The van der Waals surface area contributed by atoms with Gasteiger partial charge < -0.3 is 18.8 Å². The van der Waals surface area contributed by atoms with Crippen LogP contribution in [0.15, 0.2) is 10.7 Å². The van der Waals surface area contributed by atoms with E-state index in [0.717, 1.165) is 6.26 Å². The van der Waals surface area contributed by atoms with Gasteiger partial charge >= 0.3 is 5.97 Å². The maximum absolute atomic E-state index is 11.8. The molecule has 1 aromatic rings. The van der Waals surface area contributed by atoms with E-state index in [2.05, 4.69) is 9.72 Å². The summed E-state index contributed by atoms with van der Waals surface area (Å²) in [6.45, 7) is 0.590. The Bertz CT molecular complexity index is 463. The average Bonchev–Trinajstić information content (AvgIpc) is 2.90. The molecule has 1 amide bonds. The molecule has 0 aliphatic carbocycles. The molecule has 112 valence electrons. The van der Waals surface area contributed by atoms with Gasteiger partial charge in [0.15, 0.2) is 10.5 Å². The second-order valence-corrected chi connectivity index (χ2v) is 4.77. The number of hydrogen-bond acceptors (Lipinski definition) is 6. The van der Waals surface area contributed by atoms with Gasteiger partial charge in [0, 0.05) is 13.7 Å². The van der Waals surface area contributed by atoms with Crippen molar-refractivity contribution < 1.29 is 23.5 Å². The topological polar surface area (TPSA) is 81.9 Å². The number of methoxy groups -OCH3 is 2. The number of halogens is 2. The van der Waals surface area contributed by atoms with Crippen molar-refractivity contribution in [2.45, 2.75) is 11.4 Å². The number of hydrogen-bond donors (Lipinski definition) is 0. The molecule has 0 fully saturated rings. The predicted molar refractivity (Wildman–Crippen MR) is 70.6 cm³/mol. The number of rotatable bonds is 7. The van der Waals surface area contributed by atoms with Gasteiger partial charge in [-0.05, 0) is 0 Å². The minimum Gasteiger partial charge on any atom is -0.464 e. The lowest BCUT2D eigenvalue weighted by Crippen LogP contribution is -2.36. The van der Waals surface area contributed by atoms with Crippen molar-refractivity contribution in [2.24, 2.45) is 0 Å². The Morgan fingerprint density at radius 1 is 1.45 bits per heavy atom. The van der Waals surface area contributed by atoms with Gasteiger partial charge in [-0.1, -0.05) is 23.2 Å². The van der Waals surface area contributed by atoms with E-state index >= 15 is 0 Å². The first-order chi connectivity index (χ1) is 9.49. The average molecular weight is 325 g/mol. The zero-order valence-corrected chi connectivity index (χ0v) is 12.5. The van der Waals surface area contributed by atoms with Crippen LogP contribution in [-0.4, -0.2) is 54.0 Å². The normalized spacial score (nSPS) is 10.7. The third-order valence-electron chi connectivity index (χ3n) is 2.34. The van der Waals surface area contributed by atoms with E-state index in [1.807, 2.05) is 0 Å². The Kier molecular flexibility index (Phi) is 6.77. The highest BCUT2D eigenvalue weighted by molar-refractivity contribution is 6.53. The fourth-order valence-corrected chi connectivity index (χ4v) is 1.63. The lowest BCUT2D eigenvalue weighted by Gasteiger charge is -2.21. The number of esters is 1. The summed E-state index contributed by atoms with van der Waals surface area (Å²) in [5.74, 6) is -0.950. The molecule has 7 nitrogen and oxygen atoms in total. The predicted octanol–water partition coefficient (Wildman–Crippen LogP) is 1.24. The third-order valence-corrected chi connectivity index (χ3v) is 2.71. The highest BCUT2D eigenvalue weighted by Gasteiger charge is 2.22. The summed E-state index contributed by atoms with van der Waals surface area (Å²) in [4.78, 5) is 27.1. The monoisotopic (exact) mass is 324 g/mol. The summed E-state index contributed by atoms with van der Waals surface area (Å²) in [6, 6.07) is 0. The summed E-state index contributed by atoms with van der Waals surface area (Å²) >= 11 is 11.1. The number of amides is 1. The first-order valence-electron chi connectivity index (χ1n) is 5.58. The van der Waals surface area contributed by atoms with Crippen LogP contribution in [0.2, 0.25) is 0 Å². The van der Waals surface area contributed by atoms with Crippen molar-refractivity contribution in [3.8, 4) is 0 Å². The molecule has 0 bridgehead atoms. The first kappa shape index (κ1) is 16.7. The van der Waals surface area contributed by atoms with Crippen molar-refractivity contribution >= 4 is 35.1 Å².